The van der Waals surface area contributed by atoms with Gasteiger partial charge in [-0.05, 0) is 224 Å². The van der Waals surface area contributed by atoms with Crippen LogP contribution in [0.5, 0.6) is 0 Å². The number of esters is 4. The molecule has 0 saturated carbocycles. The fourth-order valence-corrected chi connectivity index (χ4v) is 8.65. The highest BCUT2D eigenvalue weighted by Gasteiger charge is 2.23. The number of hydrogen-bond donors (Lipinski definition) is 0. The number of carbonyl (C=O) groups excluding carboxylic acids is 4. The molecule has 0 aliphatic heterocycles. The van der Waals surface area contributed by atoms with Crippen LogP contribution in [0.2, 0.25) is 0 Å². The van der Waals surface area contributed by atoms with Crippen molar-refractivity contribution < 1.29 is 38.1 Å². The van der Waals surface area contributed by atoms with Gasteiger partial charge < -0.3 is 28.7 Å². The molecule has 6 rings (SSSR count). The zero-order chi connectivity index (χ0) is 55.6. The molecule has 0 aliphatic carbocycles. The maximum atomic E-state index is 12.4. The van der Waals surface area contributed by atoms with Crippen molar-refractivity contribution in [2.24, 2.45) is 5.41 Å². The molecule has 0 N–H and O–H groups in total. The Morgan fingerprint density at radius 1 is 0.403 bits per heavy atom. The van der Waals surface area contributed by atoms with E-state index in [4.69, 9.17) is 18.9 Å². The summed E-state index contributed by atoms with van der Waals surface area (Å²) in [6.45, 7) is 27.2. The Morgan fingerprint density at radius 2 is 0.688 bits per heavy atom. The lowest BCUT2D eigenvalue weighted by atomic mass is 9.97. The molecule has 10 nitrogen and oxygen atoms in total. The van der Waals surface area contributed by atoms with E-state index in [0.717, 1.165) is 99.6 Å². The summed E-state index contributed by atoms with van der Waals surface area (Å²) in [5.41, 5.74) is 15.8. The van der Waals surface area contributed by atoms with Crippen molar-refractivity contribution in [1.29, 1.82) is 0 Å². The van der Waals surface area contributed by atoms with Crippen LogP contribution in [0.15, 0.2) is 170 Å². The number of carbonyl (C=O) groups is 4. The molecule has 0 heterocycles. The molecule has 6 aromatic carbocycles. The van der Waals surface area contributed by atoms with Crippen LogP contribution in [-0.4, -0.2) is 50.3 Å². The largest absolute Gasteiger partial charge is 0.465 e. The topological polar surface area (TPSA) is 112 Å². The van der Waals surface area contributed by atoms with Gasteiger partial charge in [-0.2, -0.15) is 0 Å². The predicted molar refractivity (Wildman–Crippen MR) is 312 cm³/mol. The van der Waals surface area contributed by atoms with E-state index in [2.05, 4.69) is 177 Å². The standard InChI is InChI=1S/C67H76N2O8/c1-46(2)63(70)74-40-12-16-51-20-30-57(31-21-51)68(61-38-24-53(49(7)44-61)18-14-42-76-65(72)48(5)6)59-34-26-55(27-35-59)56-28-36-60(37-29-56)69(58-32-22-52(23-33-58)17-13-41-75-64(71)47(3)4)62-39-25-54(50(8)45-62)19-15-43-77-66(73)67(9,10)11/h20-39,44-45H,1,3,5,12-19,40-43H2,2,4,6-11H3. The maximum absolute atomic E-state index is 12.4. The molecule has 0 spiro atoms. The highest BCUT2D eigenvalue weighted by Crippen LogP contribution is 2.39. The van der Waals surface area contributed by atoms with Gasteiger partial charge in [0.05, 0.1) is 31.8 Å². The van der Waals surface area contributed by atoms with Crippen LogP contribution >= 0.6 is 0 Å². The van der Waals surface area contributed by atoms with Gasteiger partial charge >= 0.3 is 23.9 Å². The third kappa shape index (κ3) is 17.0. The van der Waals surface area contributed by atoms with E-state index in [-0.39, 0.29) is 23.9 Å². The molecule has 0 unspecified atom stereocenters. The summed E-state index contributed by atoms with van der Waals surface area (Å²) in [7, 11) is 0. The van der Waals surface area contributed by atoms with E-state index in [9.17, 15) is 19.2 Å². The van der Waals surface area contributed by atoms with Crippen molar-refractivity contribution in [1.82, 2.24) is 0 Å². The molecule has 0 bridgehead atoms. The monoisotopic (exact) mass is 1040 g/mol. The van der Waals surface area contributed by atoms with Gasteiger partial charge in [-0.25, -0.2) is 14.4 Å². The van der Waals surface area contributed by atoms with Crippen LogP contribution in [0.25, 0.3) is 11.1 Å². The van der Waals surface area contributed by atoms with Gasteiger partial charge in [0.25, 0.3) is 0 Å². The molecular weight excluding hydrogens is 961 g/mol. The first-order valence-electron chi connectivity index (χ1n) is 26.6. The predicted octanol–water partition coefficient (Wildman–Crippen LogP) is 15.6. The van der Waals surface area contributed by atoms with Gasteiger partial charge in [0.2, 0.25) is 0 Å². The smallest absolute Gasteiger partial charge is 0.333 e. The highest BCUT2D eigenvalue weighted by atomic mass is 16.5. The van der Waals surface area contributed by atoms with Gasteiger partial charge in [0, 0.05) is 50.8 Å². The first-order valence-corrected chi connectivity index (χ1v) is 26.6. The number of anilines is 6. The molecule has 0 radical (unpaired) electrons. The second kappa shape index (κ2) is 27.7. The lowest BCUT2D eigenvalue weighted by molar-refractivity contribution is -0.153. The Labute approximate surface area is 457 Å². The van der Waals surface area contributed by atoms with Gasteiger partial charge in [-0.1, -0.05) is 80.4 Å². The number of rotatable bonds is 26. The van der Waals surface area contributed by atoms with E-state index >= 15 is 0 Å². The van der Waals surface area contributed by atoms with Crippen LogP contribution in [0.3, 0.4) is 0 Å². The third-order valence-electron chi connectivity index (χ3n) is 13.1. The number of ether oxygens (including phenoxy) is 4. The minimum Gasteiger partial charge on any atom is -0.465 e. The first-order chi connectivity index (χ1) is 36.8. The molecule has 0 saturated heterocycles. The van der Waals surface area contributed by atoms with Gasteiger partial charge in [-0.3, -0.25) is 4.79 Å². The van der Waals surface area contributed by atoms with Crippen molar-refractivity contribution in [3.63, 3.8) is 0 Å². The van der Waals surface area contributed by atoms with Crippen molar-refractivity contribution in [2.45, 2.75) is 107 Å². The van der Waals surface area contributed by atoms with Gasteiger partial charge in [0.15, 0.2) is 0 Å². The van der Waals surface area contributed by atoms with Crippen LogP contribution in [-0.2, 0) is 63.8 Å². The minimum atomic E-state index is -0.533. The summed E-state index contributed by atoms with van der Waals surface area (Å²) >= 11 is 0. The summed E-state index contributed by atoms with van der Waals surface area (Å²) in [6, 6.07) is 47.4. The molecule has 0 atom stereocenters. The van der Waals surface area contributed by atoms with E-state index in [1.807, 2.05) is 20.8 Å². The first kappa shape index (κ1) is 58.3. The third-order valence-corrected chi connectivity index (χ3v) is 13.1. The fourth-order valence-electron chi connectivity index (χ4n) is 8.65. The Bertz CT molecular complexity index is 3020. The fraction of sp³-hybridized carbons (Fsp3) is 0.313. The normalized spacial score (nSPS) is 11.1. The Morgan fingerprint density at radius 3 is 0.987 bits per heavy atom. The average molecular weight is 1040 g/mol. The molecule has 0 amide bonds. The zero-order valence-electron chi connectivity index (χ0n) is 46.5. The Kier molecular flexibility index (Phi) is 21.0. The molecular formula is C67H76N2O8. The quantitative estimate of drug-likeness (QED) is 0.0225. The molecule has 77 heavy (non-hydrogen) atoms. The van der Waals surface area contributed by atoms with Gasteiger partial charge in [0.1, 0.15) is 0 Å². The van der Waals surface area contributed by atoms with E-state index in [1.165, 1.54) is 11.1 Å². The molecule has 0 aromatic heterocycles. The molecule has 402 valence electrons. The minimum absolute atomic E-state index is 0.191. The summed E-state index contributed by atoms with van der Waals surface area (Å²) in [5.74, 6) is -1.30. The molecule has 0 aliphatic rings. The second-order valence-corrected chi connectivity index (χ2v) is 20.9. The Balaban J connectivity index is 1.25. The molecule has 6 aromatic rings. The van der Waals surface area contributed by atoms with E-state index in [1.54, 1.807) is 20.8 Å². The van der Waals surface area contributed by atoms with E-state index < -0.39 is 5.41 Å². The molecule has 10 heteroatoms. The van der Waals surface area contributed by atoms with Crippen molar-refractivity contribution >= 4 is 58.0 Å². The summed E-state index contributed by atoms with van der Waals surface area (Å²) in [6.07, 6.45) is 5.94. The average Bonchev–Trinajstić information content (AvgIpc) is 3.41. The maximum Gasteiger partial charge on any atom is 0.333 e. The van der Waals surface area contributed by atoms with Crippen LogP contribution < -0.4 is 9.80 Å². The van der Waals surface area contributed by atoms with Gasteiger partial charge in [-0.15, -0.1) is 0 Å². The lowest BCUT2D eigenvalue weighted by Crippen LogP contribution is -2.23. The number of nitrogens with zero attached hydrogens (tertiary/aromatic N) is 2. The lowest BCUT2D eigenvalue weighted by Gasteiger charge is -2.27. The summed E-state index contributed by atoms with van der Waals surface area (Å²) in [5, 5.41) is 0. The van der Waals surface area contributed by atoms with Crippen molar-refractivity contribution in [3.05, 3.63) is 203 Å². The van der Waals surface area contributed by atoms with Crippen molar-refractivity contribution in [2.75, 3.05) is 36.2 Å². The summed E-state index contributed by atoms with van der Waals surface area (Å²) in [4.78, 5) is 52.7. The molecule has 0 fully saturated rings. The summed E-state index contributed by atoms with van der Waals surface area (Å²) < 4.78 is 21.6. The van der Waals surface area contributed by atoms with Crippen LogP contribution in [0, 0.1) is 19.3 Å². The van der Waals surface area contributed by atoms with E-state index in [0.29, 0.717) is 62.4 Å². The van der Waals surface area contributed by atoms with Crippen molar-refractivity contribution in [3.8, 4) is 11.1 Å². The Hall–Kier alpha value is -7.98. The van der Waals surface area contributed by atoms with Crippen LogP contribution in [0.1, 0.15) is 101 Å². The number of benzene rings is 6. The SMILES string of the molecule is C=C(C)C(=O)OCCCc1ccc(N(c2ccc(-c3ccc(N(c4ccc(CCCOC(=O)C(=C)C)cc4)c4ccc(CCCOC(=O)C(C)(C)C)c(C)c4)cc3)cc2)c2ccc(CCCOC(=O)C(=C)C)c(C)c2)cc1. The number of hydrogen-bond acceptors (Lipinski definition) is 10. The second-order valence-electron chi connectivity index (χ2n) is 20.9. The zero-order valence-corrected chi connectivity index (χ0v) is 46.5. The highest BCUT2D eigenvalue weighted by molar-refractivity contribution is 5.88. The number of aryl methyl sites for hydroxylation is 6. The van der Waals surface area contributed by atoms with Crippen LogP contribution in [0.4, 0.5) is 34.1 Å².